The largest absolute Gasteiger partial charge is 0.508 e. The van der Waals surface area contributed by atoms with E-state index >= 15 is 0 Å². The molecule has 0 bridgehead atoms. The summed E-state index contributed by atoms with van der Waals surface area (Å²) in [7, 11) is 0. The molecule has 8 nitrogen and oxygen atoms in total. The third-order valence-electron chi connectivity index (χ3n) is 28.7. The van der Waals surface area contributed by atoms with Gasteiger partial charge in [-0.05, 0) is 305 Å². The molecule has 10 fully saturated rings. The average molecular weight is 1120 g/mol. The predicted octanol–water partition coefficient (Wildman–Crippen LogP) is 15.4. The molecule has 10 saturated carbocycles. The Balaban J connectivity index is 0.000000103. The Morgan fingerprint density at radius 2 is 0.756 bits per heavy atom. The standard InChI is InChI=1S/C19H28O2.C19H26O2.C18H24O2.C18H22O2/c2*1-18-9-7-13(20)11-12(18)3-4-14-15-5-6-17(21)19(15,2)10-8-16(14)18;2*1-18-9-8-14-13-5-3-12(19)10-11(13)2-4-15(14)16(18)6-7-17(18)20/h11,14-17,21H,3-10H2,1-2H3;11,14-16H,3-10H2,1-2H3;3,5,10,14-17,19-20H,2,4,6-9H2,1H3;3,5,10,14-16,19H,2,4,6-9H2,1H3. The first kappa shape index (κ1) is 57.2. The second kappa shape index (κ2) is 20.9. The Morgan fingerprint density at radius 3 is 1.27 bits per heavy atom. The quantitative estimate of drug-likeness (QED) is 0.204. The van der Waals surface area contributed by atoms with E-state index in [1.54, 1.807) is 0 Å². The van der Waals surface area contributed by atoms with Crippen molar-refractivity contribution in [2.75, 3.05) is 0 Å². The lowest BCUT2D eigenvalue weighted by Gasteiger charge is -2.57. The fraction of sp³-hybridized carbons (Fsp3) is 0.730. The summed E-state index contributed by atoms with van der Waals surface area (Å²) in [5.41, 5.74) is 9.26. The highest BCUT2D eigenvalue weighted by Crippen LogP contribution is 2.68. The number of phenols is 2. The summed E-state index contributed by atoms with van der Waals surface area (Å²) in [6, 6.07) is 11.9. The molecule has 16 rings (SSSR count). The zero-order valence-electron chi connectivity index (χ0n) is 50.9. The normalized spacial score (nSPS) is 46.0. The fourth-order valence-corrected chi connectivity index (χ4v) is 23.7. The van der Waals surface area contributed by atoms with Crippen molar-refractivity contribution < 1.29 is 39.6 Å². The van der Waals surface area contributed by atoms with Gasteiger partial charge in [0.1, 0.15) is 23.1 Å². The number of allylic oxidation sites excluding steroid dienone is 2. The maximum Gasteiger partial charge on any atom is 0.155 e. The number of hydrogen-bond acceptors (Lipinski definition) is 8. The molecule has 0 aromatic heterocycles. The van der Waals surface area contributed by atoms with Crippen LogP contribution in [-0.4, -0.2) is 55.8 Å². The third kappa shape index (κ3) is 9.03. The Hall–Kier alpha value is -3.88. The van der Waals surface area contributed by atoms with Gasteiger partial charge in [-0.15, -0.1) is 0 Å². The van der Waals surface area contributed by atoms with Crippen LogP contribution >= 0.6 is 0 Å². The molecule has 0 radical (unpaired) electrons. The second-order valence-corrected chi connectivity index (χ2v) is 31.6. The number of aliphatic hydroxyl groups is 2. The summed E-state index contributed by atoms with van der Waals surface area (Å²) in [4.78, 5) is 48.2. The SMILES string of the molecule is CC12CCC(=O)C=C1CCC1C2CCC2(C)C(O)CCC12.CC12CCC3C(CCC4=CC(=O)CCC43C)C1CCC2=O.CC12CCC3c4ccc(O)cc4CCC3C1CCC2=O.CC12CCC3c4ccc(O)cc4CCC3C1CCC2O. The van der Waals surface area contributed by atoms with Gasteiger partial charge in [-0.2, -0.15) is 0 Å². The highest BCUT2D eigenvalue weighted by Gasteiger charge is 2.61. The van der Waals surface area contributed by atoms with Crippen LogP contribution in [0.2, 0.25) is 0 Å². The molecule has 4 N–H and O–H groups in total. The molecule has 444 valence electrons. The Bertz CT molecular complexity index is 2950. The van der Waals surface area contributed by atoms with Gasteiger partial charge in [-0.3, -0.25) is 19.2 Å². The molecule has 2 aromatic carbocycles. The van der Waals surface area contributed by atoms with Crippen molar-refractivity contribution in [1.29, 1.82) is 0 Å². The monoisotopic (exact) mass is 1120 g/mol. The topological polar surface area (TPSA) is 149 Å². The number of fused-ring (bicyclic) bond motifs is 20. The predicted molar refractivity (Wildman–Crippen MR) is 321 cm³/mol. The molecule has 2 aromatic rings. The number of phenolic OH excluding ortho intramolecular Hbond substituents is 2. The van der Waals surface area contributed by atoms with Crippen LogP contribution in [0.25, 0.3) is 0 Å². The van der Waals surface area contributed by atoms with Gasteiger partial charge >= 0.3 is 0 Å². The van der Waals surface area contributed by atoms with E-state index in [2.05, 4.69) is 53.7 Å². The molecule has 14 aliphatic carbocycles. The lowest BCUT2D eigenvalue weighted by molar-refractivity contribution is -0.132. The molecule has 14 aliphatic rings. The lowest BCUT2D eigenvalue weighted by atomic mass is 9.47. The first-order valence-corrected chi connectivity index (χ1v) is 33.6. The van der Waals surface area contributed by atoms with E-state index in [9.17, 15) is 39.6 Å². The van der Waals surface area contributed by atoms with Crippen LogP contribution in [-0.2, 0) is 32.0 Å². The molecule has 0 heterocycles. The van der Waals surface area contributed by atoms with Gasteiger partial charge in [0.2, 0.25) is 0 Å². The van der Waals surface area contributed by atoms with E-state index in [1.807, 2.05) is 36.4 Å². The van der Waals surface area contributed by atoms with Crippen molar-refractivity contribution in [2.24, 2.45) is 91.7 Å². The molecule has 0 amide bonds. The lowest BCUT2D eigenvalue weighted by Crippen LogP contribution is -2.51. The second-order valence-electron chi connectivity index (χ2n) is 31.6. The first-order valence-electron chi connectivity index (χ1n) is 33.6. The van der Waals surface area contributed by atoms with Gasteiger partial charge in [-0.25, -0.2) is 0 Å². The van der Waals surface area contributed by atoms with Crippen molar-refractivity contribution in [1.82, 2.24) is 0 Å². The zero-order chi connectivity index (χ0) is 57.5. The minimum atomic E-state index is -0.0883. The van der Waals surface area contributed by atoms with Crippen LogP contribution in [0.1, 0.15) is 243 Å². The molecule has 0 saturated heterocycles. The molecule has 20 atom stereocenters. The van der Waals surface area contributed by atoms with Crippen LogP contribution in [0.3, 0.4) is 0 Å². The summed E-state index contributed by atoms with van der Waals surface area (Å²) in [5.74, 6) is 10.7. The van der Waals surface area contributed by atoms with Crippen molar-refractivity contribution in [2.45, 2.75) is 245 Å². The number of carbonyl (C=O) groups is 4. The van der Waals surface area contributed by atoms with Crippen LogP contribution in [0, 0.1) is 91.7 Å². The van der Waals surface area contributed by atoms with Crippen LogP contribution < -0.4 is 0 Å². The number of carbonyl (C=O) groups excluding carboxylic acids is 4. The van der Waals surface area contributed by atoms with Crippen molar-refractivity contribution in [3.8, 4) is 11.5 Å². The highest BCUT2D eigenvalue weighted by atomic mass is 16.3. The number of rotatable bonds is 0. The van der Waals surface area contributed by atoms with Crippen molar-refractivity contribution >= 4 is 23.1 Å². The summed E-state index contributed by atoms with van der Waals surface area (Å²) in [5, 5.41) is 40.2. The van der Waals surface area contributed by atoms with Gasteiger partial charge in [0, 0.05) is 36.5 Å². The van der Waals surface area contributed by atoms with Gasteiger partial charge in [0.15, 0.2) is 11.6 Å². The number of benzene rings is 2. The molecule has 0 spiro atoms. The maximum atomic E-state index is 12.4. The van der Waals surface area contributed by atoms with Crippen molar-refractivity contribution in [3.63, 3.8) is 0 Å². The minimum Gasteiger partial charge on any atom is -0.508 e. The Labute approximate surface area is 490 Å². The fourth-order valence-electron chi connectivity index (χ4n) is 23.7. The molecule has 20 unspecified atom stereocenters. The number of aliphatic hydroxyl groups excluding tert-OH is 2. The summed E-state index contributed by atoms with van der Waals surface area (Å²) in [6.45, 7) is 13.9. The van der Waals surface area contributed by atoms with E-state index in [0.717, 1.165) is 133 Å². The van der Waals surface area contributed by atoms with E-state index < -0.39 is 0 Å². The maximum absolute atomic E-state index is 12.4. The molecule has 8 heteroatoms. The summed E-state index contributed by atoms with van der Waals surface area (Å²) in [6.07, 6.45) is 34.0. The van der Waals surface area contributed by atoms with Gasteiger partial charge in [0.05, 0.1) is 12.2 Å². The van der Waals surface area contributed by atoms with Gasteiger partial charge in [-0.1, -0.05) is 64.8 Å². The van der Waals surface area contributed by atoms with E-state index in [0.29, 0.717) is 87.9 Å². The van der Waals surface area contributed by atoms with Gasteiger partial charge in [0.25, 0.3) is 0 Å². The molecular weight excluding hydrogens is 1020 g/mol. The molecule has 0 aliphatic heterocycles. The minimum absolute atomic E-state index is 0.0246. The Kier molecular flexibility index (Phi) is 14.6. The van der Waals surface area contributed by atoms with E-state index in [-0.39, 0.29) is 44.7 Å². The first-order chi connectivity index (χ1) is 39.1. The van der Waals surface area contributed by atoms with Crippen LogP contribution in [0.4, 0.5) is 0 Å². The third-order valence-corrected chi connectivity index (χ3v) is 28.7. The number of aromatic hydroxyl groups is 2. The van der Waals surface area contributed by atoms with Gasteiger partial charge < -0.3 is 20.4 Å². The average Bonchev–Trinajstić information content (AvgIpc) is 2.18. The number of aryl methyl sites for hydroxylation is 2. The van der Waals surface area contributed by atoms with Crippen LogP contribution in [0.15, 0.2) is 59.7 Å². The van der Waals surface area contributed by atoms with E-state index in [4.69, 9.17) is 0 Å². The highest BCUT2D eigenvalue weighted by molar-refractivity contribution is 5.92. The molecular formula is C74H100O8. The molecule has 82 heavy (non-hydrogen) atoms. The van der Waals surface area contributed by atoms with E-state index in [1.165, 1.54) is 97.6 Å². The summed E-state index contributed by atoms with van der Waals surface area (Å²) >= 11 is 0. The number of ketones is 4. The number of Topliss-reactive ketones (excluding diaryl/α,β-unsaturated/α-hetero) is 2. The summed E-state index contributed by atoms with van der Waals surface area (Å²) < 4.78 is 0. The smallest absolute Gasteiger partial charge is 0.155 e. The van der Waals surface area contributed by atoms with Crippen molar-refractivity contribution in [3.05, 3.63) is 82.0 Å². The van der Waals surface area contributed by atoms with Crippen LogP contribution in [0.5, 0.6) is 11.5 Å². The zero-order valence-corrected chi connectivity index (χ0v) is 50.9. The Morgan fingerprint density at radius 1 is 0.366 bits per heavy atom. The number of hydrogen-bond donors (Lipinski definition) is 4.